The highest BCUT2D eigenvalue weighted by molar-refractivity contribution is 5.95. The van der Waals surface area contributed by atoms with Gasteiger partial charge in [0.15, 0.2) is 0 Å². The van der Waals surface area contributed by atoms with Crippen LogP contribution in [0.4, 0.5) is 17.3 Å². The molecule has 0 aliphatic carbocycles. The molecule has 1 N–H and O–H groups in total. The Hall–Kier alpha value is -2.75. The molecule has 0 saturated carbocycles. The van der Waals surface area contributed by atoms with Crippen molar-refractivity contribution in [3.8, 4) is 0 Å². The van der Waals surface area contributed by atoms with Gasteiger partial charge in [0, 0.05) is 69.9 Å². The standard InChI is InChI=1S/C25H35N7O2/c1-29-11-12-30(18-21-7-8-26-25(28-21)32-13-15-34-16-14-32)19-23(29)24(33)27-20-5-4-6-22(17-20)31-9-2-3-10-31/h4-8,17,23H,2-3,9-16,18-19H2,1H3,(H,27,33)/t23-/m0/s1. The lowest BCUT2D eigenvalue weighted by atomic mass is 10.1. The zero-order valence-corrected chi connectivity index (χ0v) is 20.0. The predicted octanol–water partition coefficient (Wildman–Crippen LogP) is 1.67. The van der Waals surface area contributed by atoms with Gasteiger partial charge in [-0.2, -0.15) is 0 Å². The fourth-order valence-electron chi connectivity index (χ4n) is 4.96. The van der Waals surface area contributed by atoms with Crippen molar-refractivity contribution in [2.24, 2.45) is 0 Å². The molecule has 0 bridgehead atoms. The van der Waals surface area contributed by atoms with Gasteiger partial charge in [-0.1, -0.05) is 6.07 Å². The van der Waals surface area contributed by atoms with E-state index in [4.69, 9.17) is 9.72 Å². The van der Waals surface area contributed by atoms with Crippen molar-refractivity contribution in [2.45, 2.75) is 25.4 Å². The predicted molar refractivity (Wildman–Crippen MR) is 133 cm³/mol. The quantitative estimate of drug-likeness (QED) is 0.691. The Morgan fingerprint density at radius 1 is 1.06 bits per heavy atom. The molecule has 3 fully saturated rings. The maximum Gasteiger partial charge on any atom is 0.243 e. The molecule has 4 heterocycles. The smallest absolute Gasteiger partial charge is 0.243 e. The zero-order valence-electron chi connectivity index (χ0n) is 20.0. The summed E-state index contributed by atoms with van der Waals surface area (Å²) in [5.41, 5.74) is 3.04. The van der Waals surface area contributed by atoms with Crippen molar-refractivity contribution in [2.75, 3.05) is 81.2 Å². The molecule has 3 aliphatic heterocycles. The van der Waals surface area contributed by atoms with Gasteiger partial charge in [0.05, 0.1) is 18.9 Å². The number of aromatic nitrogens is 2. The number of nitrogens with one attached hydrogen (secondary N) is 1. The molecule has 0 radical (unpaired) electrons. The normalized spacial score (nSPS) is 22.2. The van der Waals surface area contributed by atoms with Gasteiger partial charge in [-0.05, 0) is 44.2 Å². The monoisotopic (exact) mass is 465 g/mol. The van der Waals surface area contributed by atoms with Crippen molar-refractivity contribution in [1.29, 1.82) is 0 Å². The zero-order chi connectivity index (χ0) is 23.3. The number of anilines is 3. The first-order chi connectivity index (χ1) is 16.7. The van der Waals surface area contributed by atoms with E-state index in [0.29, 0.717) is 26.3 Å². The van der Waals surface area contributed by atoms with E-state index in [9.17, 15) is 4.79 Å². The minimum Gasteiger partial charge on any atom is -0.378 e. The lowest BCUT2D eigenvalue weighted by molar-refractivity contribution is -0.123. The van der Waals surface area contributed by atoms with E-state index in [1.165, 1.54) is 18.5 Å². The fraction of sp³-hybridized carbons (Fsp3) is 0.560. The first-order valence-electron chi connectivity index (χ1n) is 12.4. The highest BCUT2D eigenvalue weighted by atomic mass is 16.5. The number of nitrogens with zero attached hydrogens (tertiary/aromatic N) is 6. The average molecular weight is 466 g/mol. The molecule has 9 nitrogen and oxygen atoms in total. The SMILES string of the molecule is CN1CCN(Cc2ccnc(N3CCOCC3)n2)C[C@H]1C(=O)Nc1cccc(N2CCCC2)c1. The van der Waals surface area contributed by atoms with Gasteiger partial charge in [0.1, 0.15) is 6.04 Å². The van der Waals surface area contributed by atoms with Crippen LogP contribution in [0.25, 0.3) is 0 Å². The van der Waals surface area contributed by atoms with Gasteiger partial charge in [-0.25, -0.2) is 9.97 Å². The van der Waals surface area contributed by atoms with E-state index in [0.717, 1.165) is 56.6 Å². The van der Waals surface area contributed by atoms with Crippen molar-refractivity contribution < 1.29 is 9.53 Å². The summed E-state index contributed by atoms with van der Waals surface area (Å²) in [6.45, 7) is 8.37. The van der Waals surface area contributed by atoms with Gasteiger partial charge in [0.25, 0.3) is 0 Å². The lowest BCUT2D eigenvalue weighted by Crippen LogP contribution is -2.55. The van der Waals surface area contributed by atoms with Crippen molar-refractivity contribution in [1.82, 2.24) is 19.8 Å². The van der Waals surface area contributed by atoms with Crippen LogP contribution >= 0.6 is 0 Å². The third-order valence-electron chi connectivity index (χ3n) is 7.00. The van der Waals surface area contributed by atoms with Crippen LogP contribution in [0, 0.1) is 0 Å². The number of likely N-dealkylation sites (N-methyl/N-ethyl adjacent to an activating group) is 1. The van der Waals surface area contributed by atoms with Crippen LogP contribution in [0.5, 0.6) is 0 Å². The van der Waals surface area contributed by atoms with Gasteiger partial charge in [-0.3, -0.25) is 14.6 Å². The number of morpholine rings is 1. The Labute approximate surface area is 201 Å². The molecule has 1 aromatic carbocycles. The molecular weight excluding hydrogens is 430 g/mol. The first-order valence-corrected chi connectivity index (χ1v) is 12.4. The Balaban J connectivity index is 1.21. The molecule has 1 atom stereocenters. The summed E-state index contributed by atoms with van der Waals surface area (Å²) in [4.78, 5) is 31.5. The number of rotatable bonds is 6. The molecule has 1 aromatic heterocycles. The Morgan fingerprint density at radius 2 is 1.88 bits per heavy atom. The van der Waals surface area contributed by atoms with E-state index < -0.39 is 0 Å². The van der Waals surface area contributed by atoms with Crippen LogP contribution in [0.15, 0.2) is 36.5 Å². The van der Waals surface area contributed by atoms with Crippen molar-refractivity contribution in [3.05, 3.63) is 42.2 Å². The minimum atomic E-state index is -0.204. The van der Waals surface area contributed by atoms with Crippen molar-refractivity contribution in [3.63, 3.8) is 0 Å². The summed E-state index contributed by atoms with van der Waals surface area (Å²) in [6.07, 6.45) is 4.31. The molecule has 9 heteroatoms. The first kappa shape index (κ1) is 23.0. The molecule has 34 heavy (non-hydrogen) atoms. The van der Waals surface area contributed by atoms with Gasteiger partial charge >= 0.3 is 0 Å². The van der Waals surface area contributed by atoms with E-state index in [2.05, 4.69) is 42.0 Å². The van der Waals surface area contributed by atoms with Crippen LogP contribution in [0.2, 0.25) is 0 Å². The van der Waals surface area contributed by atoms with Crippen LogP contribution in [0.3, 0.4) is 0 Å². The summed E-state index contributed by atoms with van der Waals surface area (Å²) in [6, 6.07) is 10.00. The molecule has 182 valence electrons. The summed E-state index contributed by atoms with van der Waals surface area (Å²) >= 11 is 0. The molecule has 0 spiro atoms. The number of amides is 1. The van der Waals surface area contributed by atoms with E-state index >= 15 is 0 Å². The van der Waals surface area contributed by atoms with Crippen LogP contribution in [-0.4, -0.2) is 97.8 Å². The number of hydrogen-bond acceptors (Lipinski definition) is 8. The Kier molecular flexibility index (Phi) is 7.22. The lowest BCUT2D eigenvalue weighted by Gasteiger charge is -2.38. The van der Waals surface area contributed by atoms with Gasteiger partial charge < -0.3 is 19.9 Å². The van der Waals surface area contributed by atoms with E-state index in [1.54, 1.807) is 0 Å². The number of benzene rings is 1. The molecule has 3 aliphatic rings. The van der Waals surface area contributed by atoms with Crippen LogP contribution < -0.4 is 15.1 Å². The summed E-state index contributed by atoms with van der Waals surface area (Å²) < 4.78 is 5.44. The second-order valence-electron chi connectivity index (χ2n) is 9.41. The number of carbonyl (C=O) groups excluding carboxylic acids is 1. The maximum absolute atomic E-state index is 13.2. The molecular formula is C25H35N7O2. The molecule has 2 aromatic rings. The average Bonchev–Trinajstić information content (AvgIpc) is 3.41. The fourth-order valence-corrected chi connectivity index (χ4v) is 4.96. The van der Waals surface area contributed by atoms with E-state index in [-0.39, 0.29) is 11.9 Å². The third kappa shape index (κ3) is 5.48. The number of hydrogen-bond donors (Lipinski definition) is 1. The largest absolute Gasteiger partial charge is 0.378 e. The molecule has 3 saturated heterocycles. The highest BCUT2D eigenvalue weighted by Gasteiger charge is 2.30. The molecule has 1 amide bonds. The highest BCUT2D eigenvalue weighted by Crippen LogP contribution is 2.24. The third-order valence-corrected chi connectivity index (χ3v) is 7.00. The van der Waals surface area contributed by atoms with Crippen molar-refractivity contribution >= 4 is 23.2 Å². The van der Waals surface area contributed by atoms with Crippen LogP contribution in [0.1, 0.15) is 18.5 Å². The number of piperazine rings is 1. The van der Waals surface area contributed by atoms with E-state index in [1.807, 2.05) is 31.4 Å². The number of ether oxygens (including phenoxy) is 1. The Bertz CT molecular complexity index is 975. The number of carbonyl (C=O) groups is 1. The maximum atomic E-state index is 13.2. The molecule has 0 unspecified atom stereocenters. The Morgan fingerprint density at radius 3 is 2.71 bits per heavy atom. The minimum absolute atomic E-state index is 0.0439. The second kappa shape index (κ2) is 10.7. The van der Waals surface area contributed by atoms with Gasteiger partial charge in [0.2, 0.25) is 11.9 Å². The van der Waals surface area contributed by atoms with Crippen LogP contribution in [-0.2, 0) is 16.1 Å². The second-order valence-corrected chi connectivity index (χ2v) is 9.41. The van der Waals surface area contributed by atoms with Gasteiger partial charge in [-0.15, -0.1) is 0 Å². The topological polar surface area (TPSA) is 77.1 Å². The summed E-state index contributed by atoms with van der Waals surface area (Å²) in [5.74, 6) is 0.810. The molecule has 5 rings (SSSR count). The summed E-state index contributed by atoms with van der Waals surface area (Å²) in [5, 5.41) is 3.16. The summed E-state index contributed by atoms with van der Waals surface area (Å²) in [7, 11) is 2.03.